The van der Waals surface area contributed by atoms with E-state index in [4.69, 9.17) is 11.6 Å². The highest BCUT2D eigenvalue weighted by molar-refractivity contribution is 6.31. The van der Waals surface area contributed by atoms with E-state index in [0.29, 0.717) is 5.02 Å². The van der Waals surface area contributed by atoms with Gasteiger partial charge in [-0.15, -0.1) is 0 Å². The zero-order valence-corrected chi connectivity index (χ0v) is 7.88. The first-order chi connectivity index (χ1) is 5.75. The van der Waals surface area contributed by atoms with Gasteiger partial charge in [-0.1, -0.05) is 43.1 Å². The monoisotopic (exact) mass is 184 g/mol. The maximum absolute atomic E-state index is 9.62. The second kappa shape index (κ2) is 4.48. The minimum absolute atomic E-state index is 0.413. The fourth-order valence-electron chi connectivity index (χ4n) is 1.17. The standard InChI is InChI=1S/C10H13ClO/c1-2-5-10(12)8-6-3-4-7-9(8)11/h3-4,6-7,10,12H,2,5H2,1H3/t10-/m1/s1. The summed E-state index contributed by atoms with van der Waals surface area (Å²) in [6.07, 6.45) is 1.32. The van der Waals surface area contributed by atoms with Crippen LogP contribution in [-0.2, 0) is 0 Å². The number of halogens is 1. The predicted octanol–water partition coefficient (Wildman–Crippen LogP) is 3.17. The molecule has 0 bridgehead atoms. The maximum Gasteiger partial charge on any atom is 0.0804 e. The van der Waals surface area contributed by atoms with Crippen molar-refractivity contribution in [3.05, 3.63) is 34.9 Å². The topological polar surface area (TPSA) is 20.2 Å². The van der Waals surface area contributed by atoms with Crippen molar-refractivity contribution in [2.45, 2.75) is 25.9 Å². The first-order valence-corrected chi connectivity index (χ1v) is 4.56. The number of aliphatic hydroxyl groups excluding tert-OH is 1. The second-order valence-electron chi connectivity index (χ2n) is 2.83. The molecule has 1 nitrogen and oxygen atoms in total. The molecule has 2 heteroatoms. The quantitative estimate of drug-likeness (QED) is 0.765. The predicted molar refractivity (Wildman–Crippen MR) is 51.3 cm³/mol. The van der Waals surface area contributed by atoms with Crippen molar-refractivity contribution in [3.63, 3.8) is 0 Å². The third-order valence-electron chi connectivity index (χ3n) is 1.83. The van der Waals surface area contributed by atoms with E-state index in [2.05, 4.69) is 0 Å². The van der Waals surface area contributed by atoms with Gasteiger partial charge in [0, 0.05) is 5.02 Å². The molecule has 1 N–H and O–H groups in total. The third kappa shape index (κ3) is 2.23. The molecule has 0 fully saturated rings. The highest BCUT2D eigenvalue weighted by Gasteiger charge is 2.08. The summed E-state index contributed by atoms with van der Waals surface area (Å²) in [7, 11) is 0. The fourth-order valence-corrected chi connectivity index (χ4v) is 1.44. The smallest absolute Gasteiger partial charge is 0.0804 e. The van der Waals surface area contributed by atoms with Crippen LogP contribution < -0.4 is 0 Å². The van der Waals surface area contributed by atoms with Crippen LogP contribution in [0.25, 0.3) is 0 Å². The van der Waals surface area contributed by atoms with Gasteiger partial charge in [0.05, 0.1) is 6.10 Å². The van der Waals surface area contributed by atoms with Crippen molar-refractivity contribution < 1.29 is 5.11 Å². The summed E-state index contributed by atoms with van der Waals surface area (Å²) in [5.41, 5.74) is 0.834. The van der Waals surface area contributed by atoms with Gasteiger partial charge in [0.2, 0.25) is 0 Å². The van der Waals surface area contributed by atoms with Crippen LogP contribution in [0.15, 0.2) is 24.3 Å². The lowest BCUT2D eigenvalue weighted by Gasteiger charge is -2.10. The van der Waals surface area contributed by atoms with Gasteiger partial charge in [-0.25, -0.2) is 0 Å². The Morgan fingerprint density at radius 1 is 1.42 bits per heavy atom. The molecular weight excluding hydrogens is 172 g/mol. The van der Waals surface area contributed by atoms with Crippen molar-refractivity contribution in [2.75, 3.05) is 0 Å². The Bertz CT molecular complexity index is 247. The van der Waals surface area contributed by atoms with Crippen molar-refractivity contribution in [1.29, 1.82) is 0 Å². The van der Waals surface area contributed by atoms with Crippen molar-refractivity contribution in [1.82, 2.24) is 0 Å². The molecule has 0 heterocycles. The van der Waals surface area contributed by atoms with E-state index >= 15 is 0 Å². The summed E-state index contributed by atoms with van der Waals surface area (Å²) in [5.74, 6) is 0. The molecule has 0 aromatic heterocycles. The lowest BCUT2D eigenvalue weighted by atomic mass is 10.1. The van der Waals surface area contributed by atoms with Crippen LogP contribution in [0.3, 0.4) is 0 Å². The van der Waals surface area contributed by atoms with E-state index in [-0.39, 0.29) is 0 Å². The lowest BCUT2D eigenvalue weighted by molar-refractivity contribution is 0.166. The van der Waals surface area contributed by atoms with Crippen molar-refractivity contribution >= 4 is 11.6 Å². The Morgan fingerprint density at radius 3 is 2.67 bits per heavy atom. The van der Waals surface area contributed by atoms with Crippen LogP contribution in [-0.4, -0.2) is 5.11 Å². The van der Waals surface area contributed by atoms with Crippen LogP contribution in [0.1, 0.15) is 31.4 Å². The molecule has 0 spiro atoms. The van der Waals surface area contributed by atoms with Gasteiger partial charge in [-0.05, 0) is 18.1 Å². The van der Waals surface area contributed by atoms with Gasteiger partial charge in [0.1, 0.15) is 0 Å². The molecule has 1 aromatic rings. The average Bonchev–Trinajstić information content (AvgIpc) is 2.05. The maximum atomic E-state index is 9.62. The van der Waals surface area contributed by atoms with Crippen LogP contribution in [0.5, 0.6) is 0 Å². The summed E-state index contributed by atoms with van der Waals surface area (Å²) in [6.45, 7) is 2.04. The highest BCUT2D eigenvalue weighted by atomic mass is 35.5. The van der Waals surface area contributed by atoms with Gasteiger partial charge in [-0.2, -0.15) is 0 Å². The average molecular weight is 185 g/mol. The Balaban J connectivity index is 2.79. The molecule has 0 aliphatic carbocycles. The number of aliphatic hydroxyl groups is 1. The summed E-state index contributed by atoms with van der Waals surface area (Å²) < 4.78 is 0. The molecule has 0 amide bonds. The highest BCUT2D eigenvalue weighted by Crippen LogP contribution is 2.25. The van der Waals surface area contributed by atoms with Gasteiger partial charge in [0.25, 0.3) is 0 Å². The summed E-state index contributed by atoms with van der Waals surface area (Å²) in [5, 5.41) is 10.3. The number of benzene rings is 1. The molecule has 1 rings (SSSR count). The van der Waals surface area contributed by atoms with E-state index in [9.17, 15) is 5.11 Å². The largest absolute Gasteiger partial charge is 0.388 e. The Hall–Kier alpha value is -0.530. The first kappa shape index (κ1) is 9.56. The van der Waals surface area contributed by atoms with Gasteiger partial charge in [-0.3, -0.25) is 0 Å². The number of rotatable bonds is 3. The normalized spacial score (nSPS) is 12.9. The van der Waals surface area contributed by atoms with Gasteiger partial charge >= 0.3 is 0 Å². The zero-order chi connectivity index (χ0) is 8.97. The first-order valence-electron chi connectivity index (χ1n) is 4.18. The Labute approximate surface area is 78.0 Å². The number of hydrogen-bond acceptors (Lipinski definition) is 1. The molecule has 1 aromatic carbocycles. The van der Waals surface area contributed by atoms with Crippen molar-refractivity contribution in [3.8, 4) is 0 Å². The molecule has 66 valence electrons. The van der Waals surface area contributed by atoms with E-state index in [1.165, 1.54) is 0 Å². The zero-order valence-electron chi connectivity index (χ0n) is 7.13. The van der Waals surface area contributed by atoms with E-state index < -0.39 is 6.10 Å². The number of hydrogen-bond donors (Lipinski definition) is 1. The second-order valence-corrected chi connectivity index (χ2v) is 3.23. The molecule has 0 saturated heterocycles. The SMILES string of the molecule is CCC[C@@H](O)c1ccccc1Cl. The molecule has 0 radical (unpaired) electrons. The van der Waals surface area contributed by atoms with Crippen LogP contribution in [0.4, 0.5) is 0 Å². The molecule has 0 saturated carbocycles. The van der Waals surface area contributed by atoms with E-state index in [0.717, 1.165) is 18.4 Å². The molecule has 12 heavy (non-hydrogen) atoms. The molecule has 0 aliphatic rings. The van der Waals surface area contributed by atoms with Crippen molar-refractivity contribution in [2.24, 2.45) is 0 Å². The van der Waals surface area contributed by atoms with E-state index in [1.54, 1.807) is 6.07 Å². The molecule has 0 aliphatic heterocycles. The van der Waals surface area contributed by atoms with Crippen LogP contribution >= 0.6 is 11.6 Å². The lowest BCUT2D eigenvalue weighted by Crippen LogP contribution is -1.96. The van der Waals surface area contributed by atoms with Gasteiger partial charge in [0.15, 0.2) is 0 Å². The van der Waals surface area contributed by atoms with Crippen LogP contribution in [0, 0.1) is 0 Å². The molecular formula is C10H13ClO. The Kier molecular flexibility index (Phi) is 3.57. The summed E-state index contributed by atoms with van der Waals surface area (Å²) in [6, 6.07) is 7.42. The van der Waals surface area contributed by atoms with Gasteiger partial charge < -0.3 is 5.11 Å². The molecule has 1 atom stereocenters. The minimum atomic E-state index is -0.413. The summed E-state index contributed by atoms with van der Waals surface area (Å²) in [4.78, 5) is 0. The minimum Gasteiger partial charge on any atom is -0.388 e. The third-order valence-corrected chi connectivity index (χ3v) is 2.17. The van der Waals surface area contributed by atoms with Crippen LogP contribution in [0.2, 0.25) is 5.02 Å². The fraction of sp³-hybridized carbons (Fsp3) is 0.400. The Morgan fingerprint density at radius 2 is 2.08 bits per heavy atom. The molecule has 0 unspecified atom stereocenters. The van der Waals surface area contributed by atoms with E-state index in [1.807, 2.05) is 25.1 Å². The summed E-state index contributed by atoms with van der Waals surface area (Å²) >= 11 is 5.89.